The Morgan fingerprint density at radius 3 is 0.562 bits per heavy atom. The van der Waals surface area contributed by atoms with Crippen molar-refractivity contribution in [3.8, 4) is 0 Å². The number of hydrogen-bond acceptors (Lipinski definition) is 12. The van der Waals surface area contributed by atoms with Crippen LogP contribution < -0.4 is 0 Å². The number of likely N-dealkylation sites (N-methyl/N-ethyl adjacent to an activating group) is 4. The Bertz CT molecular complexity index is 1380. The Kier molecular flexibility index (Phi) is 23.0. The van der Waals surface area contributed by atoms with Crippen LogP contribution in [0.5, 0.6) is 0 Å². The predicted octanol–water partition coefficient (Wildman–Crippen LogP) is 5.76. The number of ether oxygens (including phenoxy) is 4. The van der Waals surface area contributed by atoms with Crippen molar-refractivity contribution < 1.29 is 57.3 Å². The van der Waals surface area contributed by atoms with Crippen LogP contribution in [0.25, 0.3) is 0 Å². The molecule has 1 aliphatic heterocycles. The third-order valence-corrected chi connectivity index (χ3v) is 11.5. The van der Waals surface area contributed by atoms with E-state index in [4.69, 9.17) is 18.9 Å². The summed E-state index contributed by atoms with van der Waals surface area (Å²) in [5.41, 5.74) is 0. The second-order valence-corrected chi connectivity index (χ2v) is 20.8. The third-order valence-electron chi connectivity index (χ3n) is 11.5. The lowest BCUT2D eigenvalue weighted by atomic mass is 9.98. The van der Waals surface area contributed by atoms with Crippen LogP contribution in [0.15, 0.2) is 0 Å². The topological polar surface area (TPSA) is 186 Å². The van der Waals surface area contributed by atoms with Gasteiger partial charge >= 0.3 is 23.9 Å². The van der Waals surface area contributed by atoms with Gasteiger partial charge in [0.25, 0.3) is 23.6 Å². The fourth-order valence-corrected chi connectivity index (χ4v) is 7.55. The Hall–Kier alpha value is -4.24. The highest BCUT2D eigenvalue weighted by Gasteiger charge is 2.45. The van der Waals surface area contributed by atoms with Crippen molar-refractivity contribution >= 4 is 47.5 Å². The number of amides is 4. The van der Waals surface area contributed by atoms with E-state index < -0.39 is 120 Å². The number of rotatable bonds is 12. The molecule has 1 saturated heterocycles. The first-order valence-corrected chi connectivity index (χ1v) is 23.3. The van der Waals surface area contributed by atoms with Crippen LogP contribution in [0, 0.1) is 47.3 Å². The summed E-state index contributed by atoms with van der Waals surface area (Å²) in [7, 11) is 5.65. The van der Waals surface area contributed by atoms with E-state index in [0.717, 1.165) is 0 Å². The first kappa shape index (κ1) is 57.8. The molecule has 1 aliphatic rings. The van der Waals surface area contributed by atoms with Gasteiger partial charge in [-0.2, -0.15) is 0 Å². The van der Waals surface area contributed by atoms with Crippen LogP contribution in [-0.2, 0) is 57.3 Å². The zero-order chi connectivity index (χ0) is 49.8. The molecular weight excluding hydrogens is 825 g/mol. The summed E-state index contributed by atoms with van der Waals surface area (Å²) in [6.07, 6.45) is -5.02. The van der Waals surface area contributed by atoms with E-state index >= 15 is 0 Å². The molecule has 16 heteroatoms. The summed E-state index contributed by atoms with van der Waals surface area (Å²) >= 11 is 0. The van der Waals surface area contributed by atoms with Gasteiger partial charge in [-0.05, 0) is 73.0 Å². The molecule has 0 N–H and O–H groups in total. The van der Waals surface area contributed by atoms with Gasteiger partial charge in [-0.15, -0.1) is 0 Å². The fraction of sp³-hybridized carbons (Fsp3) is 0.833. The van der Waals surface area contributed by atoms with Crippen LogP contribution in [0.3, 0.4) is 0 Å². The first-order valence-electron chi connectivity index (χ1n) is 23.3. The fourth-order valence-electron chi connectivity index (χ4n) is 7.55. The molecule has 0 aromatic heterocycles. The van der Waals surface area contributed by atoms with E-state index in [-0.39, 0.29) is 49.4 Å². The second kappa shape index (κ2) is 25.5. The van der Waals surface area contributed by atoms with Gasteiger partial charge in [-0.1, -0.05) is 111 Å². The molecule has 368 valence electrons. The van der Waals surface area contributed by atoms with E-state index in [1.807, 2.05) is 55.4 Å². The molecule has 0 spiro atoms. The van der Waals surface area contributed by atoms with Gasteiger partial charge in [-0.3, -0.25) is 19.2 Å². The van der Waals surface area contributed by atoms with E-state index in [1.165, 1.54) is 47.8 Å². The number of nitrogens with zero attached hydrogens (tertiary/aromatic N) is 4. The number of carbonyl (C=O) groups is 8. The zero-order valence-corrected chi connectivity index (χ0v) is 42.8. The van der Waals surface area contributed by atoms with Crippen molar-refractivity contribution in [2.75, 3.05) is 28.2 Å². The Morgan fingerprint density at radius 1 is 0.312 bits per heavy atom. The van der Waals surface area contributed by atoms with Crippen LogP contribution in [0.4, 0.5) is 0 Å². The third kappa shape index (κ3) is 16.0. The number of hydrogen-bond donors (Lipinski definition) is 0. The monoisotopic (exact) mass is 909 g/mol. The van der Waals surface area contributed by atoms with Gasteiger partial charge in [-0.25, -0.2) is 19.2 Å². The van der Waals surface area contributed by atoms with Crippen LogP contribution in [0.1, 0.15) is 136 Å². The molecule has 1 fully saturated rings. The maximum absolute atomic E-state index is 14.4. The highest BCUT2D eigenvalue weighted by atomic mass is 16.6. The van der Waals surface area contributed by atoms with E-state index in [0.29, 0.717) is 0 Å². The summed E-state index contributed by atoms with van der Waals surface area (Å²) in [6.45, 7) is 28.4. The summed E-state index contributed by atoms with van der Waals surface area (Å²) in [4.78, 5) is 120. The van der Waals surface area contributed by atoms with Crippen molar-refractivity contribution in [3.63, 3.8) is 0 Å². The van der Waals surface area contributed by atoms with Crippen LogP contribution in [0.2, 0.25) is 0 Å². The quantitative estimate of drug-likeness (QED) is 0.171. The summed E-state index contributed by atoms with van der Waals surface area (Å²) < 4.78 is 24.0. The van der Waals surface area contributed by atoms with Gasteiger partial charge in [0, 0.05) is 28.2 Å². The Labute approximate surface area is 384 Å². The Morgan fingerprint density at radius 2 is 0.453 bits per heavy atom. The van der Waals surface area contributed by atoms with Gasteiger partial charge in [0.1, 0.15) is 24.2 Å². The molecule has 1 rings (SSSR count). The Balaban J connectivity index is 4.22. The molecule has 0 aromatic rings. The summed E-state index contributed by atoms with van der Waals surface area (Å²) in [5.74, 6) is -9.05. The summed E-state index contributed by atoms with van der Waals surface area (Å²) in [5, 5.41) is 0. The maximum atomic E-state index is 14.4. The van der Waals surface area contributed by atoms with Crippen molar-refractivity contribution in [2.24, 2.45) is 47.3 Å². The van der Waals surface area contributed by atoms with E-state index in [1.54, 1.807) is 55.4 Å². The van der Waals surface area contributed by atoms with Gasteiger partial charge < -0.3 is 38.5 Å². The average Bonchev–Trinajstić information content (AvgIpc) is 3.18. The molecule has 16 nitrogen and oxygen atoms in total. The standard InChI is InChI=1S/C48H84N4O12/c1-25(2)21-33-45(57)61-38(30(11)12)42(54)50(18)35(23-27(5)6)47(59)63-40(32(15)16)44(56)52(20)36(24-28(7)8)48(60)64-39(31(13)14)43(55)51(19)34(22-26(3)4)46(58)62-37(29(9)10)41(53)49(33)17/h25-40H,21-24H2,1-20H3/t33-,34-,35-,36-,37-,38+,39+,40+/m0/s1. The molecule has 4 amide bonds. The molecule has 0 unspecified atom stereocenters. The maximum Gasteiger partial charge on any atom is 0.329 e. The minimum Gasteiger partial charge on any atom is -0.450 e. The van der Waals surface area contributed by atoms with Crippen molar-refractivity contribution in [3.05, 3.63) is 0 Å². The normalized spacial score (nSPS) is 26.6. The van der Waals surface area contributed by atoms with Crippen molar-refractivity contribution in [1.82, 2.24) is 19.6 Å². The minimum atomic E-state index is -1.39. The van der Waals surface area contributed by atoms with E-state index in [2.05, 4.69) is 0 Å². The highest BCUT2D eigenvalue weighted by molar-refractivity contribution is 5.94. The smallest absolute Gasteiger partial charge is 0.329 e. The lowest BCUT2D eigenvalue weighted by Crippen LogP contribution is -2.56. The molecule has 0 saturated carbocycles. The molecule has 0 bridgehead atoms. The van der Waals surface area contributed by atoms with Gasteiger partial charge in [0.15, 0.2) is 24.4 Å². The molecule has 8 atom stereocenters. The lowest BCUT2D eigenvalue weighted by molar-refractivity contribution is -0.180. The lowest BCUT2D eigenvalue weighted by Gasteiger charge is -2.37. The predicted molar refractivity (Wildman–Crippen MR) is 243 cm³/mol. The molecular formula is C48H84N4O12. The SMILES string of the molecule is CC(C)C[C@H]1C(=O)O[C@H](C(C)C)C(=O)N(C)[C@@H](CC(C)C)C(=O)O[C@H](C(C)C)C(=O)N(C)[C@@H](CC(C)C)C(=O)O[C@H](C(C)C)C(=O)N(C)[C@@H](CC(C)C)C(=O)O[C@@H](C(C)C)C(=O)N1C. The van der Waals surface area contributed by atoms with Crippen molar-refractivity contribution in [2.45, 2.75) is 185 Å². The first-order chi connectivity index (χ1) is 29.4. The average molecular weight is 909 g/mol. The molecule has 0 aromatic carbocycles. The van der Waals surface area contributed by atoms with Gasteiger partial charge in [0.2, 0.25) is 0 Å². The van der Waals surface area contributed by atoms with Crippen molar-refractivity contribution in [1.29, 1.82) is 0 Å². The number of cyclic esters (lactones) is 4. The molecule has 0 aliphatic carbocycles. The van der Waals surface area contributed by atoms with Crippen LogP contribution >= 0.6 is 0 Å². The zero-order valence-electron chi connectivity index (χ0n) is 42.8. The molecule has 64 heavy (non-hydrogen) atoms. The molecule has 0 radical (unpaired) electrons. The van der Waals surface area contributed by atoms with Crippen LogP contribution in [-0.4, -0.2) is 144 Å². The highest BCUT2D eigenvalue weighted by Crippen LogP contribution is 2.26. The second-order valence-electron chi connectivity index (χ2n) is 20.8. The summed E-state index contributed by atoms with van der Waals surface area (Å²) in [6, 6.07) is -4.83. The minimum absolute atomic E-state index is 0.129. The number of carbonyl (C=O) groups excluding carboxylic acids is 8. The molecule has 1 heterocycles. The van der Waals surface area contributed by atoms with E-state index in [9.17, 15) is 38.4 Å². The van der Waals surface area contributed by atoms with Gasteiger partial charge in [0.05, 0.1) is 0 Å². The number of esters is 4. The largest absolute Gasteiger partial charge is 0.450 e.